The van der Waals surface area contributed by atoms with Gasteiger partial charge in [0.25, 0.3) is 0 Å². The van der Waals surface area contributed by atoms with Gasteiger partial charge in [0.1, 0.15) is 29.0 Å². The van der Waals surface area contributed by atoms with Crippen molar-refractivity contribution in [2.24, 2.45) is 16.7 Å². The molecule has 15 nitrogen and oxygen atoms in total. The predicted molar refractivity (Wildman–Crippen MR) is 328 cm³/mol. The minimum atomic E-state index is -2.62. The molecular weight excluding hydrogens is 1300 g/mol. The monoisotopic (exact) mass is 1410 g/mol. The molecule has 465 valence electrons. The van der Waals surface area contributed by atoms with Gasteiger partial charge in [0, 0.05) is 81.6 Å². The second kappa shape index (κ2) is 33.0. The molecule has 1 saturated heterocycles. The number of esters is 3. The van der Waals surface area contributed by atoms with Crippen LogP contribution in [0.4, 0.5) is 4.79 Å². The van der Waals surface area contributed by atoms with Crippen LogP contribution < -0.4 is 5.32 Å². The fourth-order valence-corrected chi connectivity index (χ4v) is 18.5. The number of amides is 1. The van der Waals surface area contributed by atoms with E-state index in [9.17, 15) is 24.6 Å². The van der Waals surface area contributed by atoms with Crippen molar-refractivity contribution in [1.29, 1.82) is 0 Å². The maximum absolute atomic E-state index is 16.5. The summed E-state index contributed by atoms with van der Waals surface area (Å²) in [6, 6.07) is 3.22. The van der Waals surface area contributed by atoms with Crippen LogP contribution >= 0.6 is 0 Å². The molecule has 0 aromatic carbocycles. The van der Waals surface area contributed by atoms with E-state index >= 15 is 9.59 Å². The summed E-state index contributed by atoms with van der Waals surface area (Å²) in [5, 5.41) is 29.9. The Balaban J connectivity index is 0.0000181. The molecule has 18 heteroatoms. The molecule has 4 rings (SSSR count). The number of fused-ring (bicyclic) bond motifs is 5. The summed E-state index contributed by atoms with van der Waals surface area (Å²) in [5.41, 5.74) is -7.67. The van der Waals surface area contributed by atoms with Crippen LogP contribution in [0.3, 0.4) is 0 Å². The van der Waals surface area contributed by atoms with E-state index in [1.54, 1.807) is 55.4 Å². The molecule has 0 aromatic heterocycles. The largest absolute Gasteiger partial charge is 0.459 e. The first-order chi connectivity index (χ1) is 38.6. The first kappa shape index (κ1) is 74.5. The smallest absolute Gasteiger partial charge is 0.407 e. The van der Waals surface area contributed by atoms with Gasteiger partial charge in [-0.15, -0.1) is 0 Å². The number of rotatable bonds is 30. The molecule has 3 N–H and O–H groups in total. The van der Waals surface area contributed by atoms with Gasteiger partial charge < -0.3 is 48.1 Å². The van der Waals surface area contributed by atoms with Gasteiger partial charge in [0.2, 0.25) is 0 Å². The molecule has 83 heavy (non-hydrogen) atoms. The Morgan fingerprint density at radius 1 is 0.747 bits per heavy atom. The van der Waals surface area contributed by atoms with Crippen molar-refractivity contribution >= 4 is 46.4 Å². The topological polar surface area (TPSA) is 202 Å². The summed E-state index contributed by atoms with van der Waals surface area (Å²) < 4.78 is 45.4. The third-order valence-corrected chi connectivity index (χ3v) is 27.6. The first-order valence-corrected chi connectivity index (χ1v) is 35.8. The molecule has 1 amide bonds. The molecule has 1 heterocycles. The molecule has 2 bridgehead atoms. The third-order valence-electron chi connectivity index (χ3n) is 18.3. The summed E-state index contributed by atoms with van der Waals surface area (Å²) in [6.45, 7) is 29.0. The van der Waals surface area contributed by atoms with Gasteiger partial charge in [-0.05, 0) is 134 Å². The van der Waals surface area contributed by atoms with Gasteiger partial charge >= 0.3 is 24.0 Å². The number of carbonyl (C=O) groups excluding carboxylic acids is 5. The van der Waals surface area contributed by atoms with Crippen molar-refractivity contribution < 1.29 is 111 Å². The van der Waals surface area contributed by atoms with Crippen LogP contribution in [0.1, 0.15) is 175 Å². The van der Waals surface area contributed by atoms with Gasteiger partial charge in [-0.1, -0.05) is 135 Å². The zero-order chi connectivity index (χ0) is 61.3. The zero-order valence-electron chi connectivity index (χ0n) is 53.4. The molecular formula is C65H105AcNO14Si2. The number of nitrogens with one attached hydrogen (secondary N) is 1. The maximum atomic E-state index is 16.5. The van der Waals surface area contributed by atoms with Crippen LogP contribution in [0.25, 0.3) is 0 Å². The van der Waals surface area contributed by atoms with Crippen molar-refractivity contribution in [3.8, 4) is 0 Å². The van der Waals surface area contributed by atoms with Crippen molar-refractivity contribution in [1.82, 2.24) is 5.32 Å². The van der Waals surface area contributed by atoms with E-state index in [0.29, 0.717) is 36.5 Å². The summed E-state index contributed by atoms with van der Waals surface area (Å²) >= 11 is 0. The van der Waals surface area contributed by atoms with Crippen LogP contribution in [0.15, 0.2) is 84.1 Å². The number of aliphatic hydroxyl groups is 2. The molecule has 4 aliphatic rings. The average molecular weight is 1410 g/mol. The molecule has 11 atom stereocenters. The summed E-state index contributed by atoms with van der Waals surface area (Å²) in [5.74, 6) is -4.26. The van der Waals surface area contributed by atoms with Crippen molar-refractivity contribution in [3.63, 3.8) is 0 Å². The number of hydrogen-bond donors (Lipinski definition) is 3. The summed E-state index contributed by atoms with van der Waals surface area (Å²) in [6.07, 6.45) is 22.1. The van der Waals surface area contributed by atoms with Crippen LogP contribution in [-0.4, -0.2) is 123 Å². The number of allylic oxidation sites excluding steroid dienone is 12. The molecule has 2 saturated carbocycles. The van der Waals surface area contributed by atoms with E-state index in [2.05, 4.69) is 93.8 Å². The van der Waals surface area contributed by atoms with Crippen LogP contribution in [-0.2, 0) is 51.7 Å². The van der Waals surface area contributed by atoms with Crippen molar-refractivity contribution in [2.75, 3.05) is 6.61 Å². The number of Topliss-reactive ketones (excluding diaryl/α,β-unsaturated/α-hetero) is 1. The number of carbonyl (C=O) groups is 5. The van der Waals surface area contributed by atoms with Gasteiger partial charge in [-0.3, -0.25) is 14.4 Å². The Morgan fingerprint density at radius 2 is 1.24 bits per heavy atom. The Kier molecular flexibility index (Phi) is 29.6. The van der Waals surface area contributed by atoms with Gasteiger partial charge in [-0.25, -0.2) is 9.59 Å². The SMILES string of the molecule is CC/C=C\C/C=C\C/C=C\C/C=C\C/C=C\C/C=C\CCC(=O)O[C@H]1C(=O)[C@]2(C)[C@@H](O[Si](CC)(CC)CC)C[C@H]3OC[C@@]3(O)[C@H]2[C@H](OC(C)=O)[C@]2(O)CC(OC(=O)[C@H](O[Si](CC)(CC)CC)[C@H](C)NC(=O)OC(C)(C)C)C(C)=C1C2(C)C.[Ac]. The molecule has 3 aliphatic carbocycles. The van der Waals surface area contributed by atoms with Crippen molar-refractivity contribution in [2.45, 2.75) is 271 Å². The van der Waals surface area contributed by atoms with E-state index in [0.717, 1.165) is 50.2 Å². The molecule has 0 spiro atoms. The number of alkyl carbamates (subject to hydrolysis) is 1. The molecule has 1 aliphatic heterocycles. The molecule has 0 aromatic rings. The van der Waals surface area contributed by atoms with Gasteiger partial charge in [0.05, 0.1) is 30.3 Å². The van der Waals surface area contributed by atoms with Crippen LogP contribution in [0.5, 0.6) is 0 Å². The second-order valence-electron chi connectivity index (χ2n) is 24.8. The first-order valence-electron chi connectivity index (χ1n) is 30.7. The predicted octanol–water partition coefficient (Wildman–Crippen LogP) is 13.1. The van der Waals surface area contributed by atoms with Gasteiger partial charge in [-0.2, -0.15) is 0 Å². The Morgan fingerprint density at radius 3 is 1.69 bits per heavy atom. The van der Waals surface area contributed by atoms with Crippen molar-refractivity contribution in [3.05, 3.63) is 84.1 Å². The fraction of sp³-hybridized carbons (Fsp3) is 0.708. The third kappa shape index (κ3) is 18.2. The van der Waals surface area contributed by atoms with Gasteiger partial charge in [0.15, 0.2) is 34.6 Å². The van der Waals surface area contributed by atoms with Crippen LogP contribution in [0, 0.1) is 60.8 Å². The molecule has 1 radical (unpaired) electrons. The molecule has 3 fully saturated rings. The summed E-state index contributed by atoms with van der Waals surface area (Å²) in [4.78, 5) is 73.0. The minimum absolute atomic E-state index is 0. The van der Waals surface area contributed by atoms with E-state index in [4.69, 9.17) is 32.5 Å². The Bertz CT molecular complexity index is 2370. The van der Waals surface area contributed by atoms with E-state index in [1.165, 1.54) is 6.92 Å². The maximum Gasteiger partial charge on any atom is 0.407 e. The Hall–Kier alpha value is -2.79. The van der Waals surface area contributed by atoms with E-state index in [-0.39, 0.29) is 75.5 Å². The average Bonchev–Trinajstić information content (AvgIpc) is 0.982. The normalized spacial score (nSPS) is 28.1. The zero-order valence-corrected chi connectivity index (χ0v) is 60.2. The number of ether oxygens (including phenoxy) is 5. The quantitative estimate of drug-likeness (QED) is 0.0265. The Labute approximate surface area is 536 Å². The van der Waals surface area contributed by atoms with Crippen LogP contribution in [0.2, 0.25) is 36.3 Å². The minimum Gasteiger partial charge on any atom is -0.459 e. The molecule has 1 unspecified atom stereocenters. The number of hydrogen-bond acceptors (Lipinski definition) is 14. The van der Waals surface area contributed by atoms with E-state index < -0.39 is 123 Å². The summed E-state index contributed by atoms with van der Waals surface area (Å²) in [7, 11) is -5.21. The number of ketones is 1. The van der Waals surface area contributed by atoms with E-state index in [1.807, 2.05) is 32.9 Å². The second-order valence-corrected chi connectivity index (χ2v) is 34.3. The standard InChI is InChI=1S/C65H105NO14Si2.Ac/c1-17-24-25-26-27-28-29-30-31-32-33-34-35-36-37-38-39-40-41-42-52(68)77-55-53-46(8)49(76-59(70)54(80-82(21-5,22-6)23-7)47(9)66-60(71)78-61(11,12)13)44-65(73,62(53,14)15)58(75-48(10)67)56-63(16,57(55)69)50(43-51-64(56,72)45-74-51)79-81(18-2,19-3)20-4;/h24-25,27-28,30-31,33-34,36-37,39-40,47,49-51,54-56,58,72-73H,17-23,26,29,32,35,38,41-45H2,1-16H3,(H,66,71);/b25-24-,28-27-,31-30-,34-33-,37-36-,40-39-;/t47-,49?,50-,51+,54+,55+,56-,58-,63+,64-,65+;/m0./s1. The fourth-order valence-electron chi connectivity index (χ4n) is 12.8.